The van der Waals surface area contributed by atoms with Gasteiger partial charge in [0.2, 0.25) is 0 Å². The number of benzene rings is 2. The Balaban J connectivity index is 1.79. The van der Waals surface area contributed by atoms with Gasteiger partial charge in [-0.3, -0.25) is 5.10 Å². The minimum atomic E-state index is -3.68. The third-order valence-electron chi connectivity index (χ3n) is 3.44. The van der Waals surface area contributed by atoms with Crippen molar-refractivity contribution in [3.63, 3.8) is 0 Å². The predicted molar refractivity (Wildman–Crippen MR) is 93.1 cm³/mol. The highest BCUT2D eigenvalue weighted by Gasteiger charge is 2.11. The van der Waals surface area contributed by atoms with E-state index in [2.05, 4.69) is 20.1 Å². The molecule has 0 saturated heterocycles. The number of nitrogens with one attached hydrogen (secondary N) is 2. The fourth-order valence-corrected chi connectivity index (χ4v) is 2.97. The number of H-pyrrole nitrogens is 1. The molecule has 0 spiro atoms. The molecule has 3 rings (SSSR count). The fourth-order valence-electron chi connectivity index (χ4n) is 2.16. The second-order valence-electron chi connectivity index (χ2n) is 5.23. The Bertz CT molecular complexity index is 946. The highest BCUT2D eigenvalue weighted by Crippen LogP contribution is 2.20. The molecule has 1 aromatic heterocycles. The van der Waals surface area contributed by atoms with Gasteiger partial charge in [-0.25, -0.2) is 4.83 Å². The van der Waals surface area contributed by atoms with Crippen LogP contribution in [0.3, 0.4) is 0 Å². The van der Waals surface area contributed by atoms with Crippen LogP contribution < -0.4 is 4.83 Å². The maximum absolute atomic E-state index is 12.1. The van der Waals surface area contributed by atoms with Gasteiger partial charge in [-0.05, 0) is 19.1 Å². The van der Waals surface area contributed by atoms with Crippen molar-refractivity contribution in [1.29, 1.82) is 0 Å². The summed E-state index contributed by atoms with van der Waals surface area (Å²) in [7, 11) is -3.68. The molecule has 0 unspecified atom stereocenters. The van der Waals surface area contributed by atoms with Crippen LogP contribution in [0, 0.1) is 6.92 Å². The number of hydrogen-bond donors (Lipinski definition) is 2. The molecule has 2 aromatic carbocycles. The molecule has 0 amide bonds. The maximum atomic E-state index is 12.1. The van der Waals surface area contributed by atoms with E-state index >= 15 is 0 Å². The Morgan fingerprint density at radius 2 is 1.79 bits per heavy atom. The molecule has 122 valence electrons. The molecule has 24 heavy (non-hydrogen) atoms. The summed E-state index contributed by atoms with van der Waals surface area (Å²) in [5.74, 6) is 0. The zero-order chi connectivity index (χ0) is 17.0. The van der Waals surface area contributed by atoms with Gasteiger partial charge in [0.25, 0.3) is 10.0 Å². The van der Waals surface area contributed by atoms with Crippen LogP contribution in [0.1, 0.15) is 11.1 Å². The smallest absolute Gasteiger partial charge is 0.276 e. The summed E-state index contributed by atoms with van der Waals surface area (Å²) in [5.41, 5.74) is 3.57. The van der Waals surface area contributed by atoms with Gasteiger partial charge in [-0.15, -0.1) is 0 Å². The van der Waals surface area contributed by atoms with Crippen LogP contribution in [-0.4, -0.2) is 24.8 Å². The van der Waals surface area contributed by atoms with Crippen LogP contribution in [-0.2, 0) is 10.0 Å². The van der Waals surface area contributed by atoms with Crippen molar-refractivity contribution in [1.82, 2.24) is 15.0 Å². The molecule has 0 aliphatic carbocycles. The zero-order valence-corrected chi connectivity index (χ0v) is 13.8. The first-order valence-electron chi connectivity index (χ1n) is 7.26. The number of aromatic nitrogens is 2. The molecule has 0 fully saturated rings. The highest BCUT2D eigenvalue weighted by atomic mass is 32.2. The lowest BCUT2D eigenvalue weighted by atomic mass is 10.1. The predicted octanol–water partition coefficient (Wildman–Crippen LogP) is 2.70. The lowest BCUT2D eigenvalue weighted by Gasteiger charge is -2.03. The second kappa shape index (κ2) is 6.67. The lowest BCUT2D eigenvalue weighted by molar-refractivity contribution is 0.584. The minimum absolute atomic E-state index is 0.160. The van der Waals surface area contributed by atoms with Gasteiger partial charge in [0.05, 0.1) is 23.0 Å². The number of aryl methyl sites for hydroxylation is 1. The minimum Gasteiger partial charge on any atom is -0.277 e. The summed E-state index contributed by atoms with van der Waals surface area (Å²) in [6.45, 7) is 2.01. The average molecular weight is 340 g/mol. The summed E-state index contributed by atoms with van der Waals surface area (Å²) in [6.07, 6.45) is 3.02. The monoisotopic (exact) mass is 340 g/mol. The van der Waals surface area contributed by atoms with Gasteiger partial charge in [0.15, 0.2) is 0 Å². The Morgan fingerprint density at radius 1 is 1.08 bits per heavy atom. The quantitative estimate of drug-likeness (QED) is 0.553. The second-order valence-corrected chi connectivity index (χ2v) is 6.89. The lowest BCUT2D eigenvalue weighted by Crippen LogP contribution is -2.18. The third-order valence-corrected chi connectivity index (χ3v) is 4.68. The van der Waals surface area contributed by atoms with Crippen LogP contribution in [0.4, 0.5) is 0 Å². The summed E-state index contributed by atoms with van der Waals surface area (Å²) in [4.78, 5) is 2.36. The van der Waals surface area contributed by atoms with Crippen molar-refractivity contribution in [3.8, 4) is 11.3 Å². The normalized spacial score (nSPS) is 11.7. The summed E-state index contributed by atoms with van der Waals surface area (Å²) < 4.78 is 24.2. The van der Waals surface area contributed by atoms with E-state index in [1.165, 1.54) is 18.3 Å². The van der Waals surface area contributed by atoms with Gasteiger partial charge in [-0.1, -0.05) is 48.0 Å². The molecule has 0 aliphatic rings. The van der Waals surface area contributed by atoms with E-state index < -0.39 is 10.0 Å². The largest absolute Gasteiger partial charge is 0.277 e. The van der Waals surface area contributed by atoms with Crippen molar-refractivity contribution in [2.24, 2.45) is 5.10 Å². The summed E-state index contributed by atoms with van der Waals surface area (Å²) in [6, 6.07) is 16.0. The molecule has 1 heterocycles. The van der Waals surface area contributed by atoms with Gasteiger partial charge in [0.1, 0.15) is 0 Å². The third kappa shape index (κ3) is 3.52. The van der Waals surface area contributed by atoms with Crippen molar-refractivity contribution >= 4 is 16.2 Å². The van der Waals surface area contributed by atoms with E-state index in [4.69, 9.17) is 0 Å². The van der Waals surface area contributed by atoms with Gasteiger partial charge in [0, 0.05) is 11.1 Å². The fraction of sp³-hybridized carbons (Fsp3) is 0.0588. The summed E-state index contributed by atoms with van der Waals surface area (Å²) >= 11 is 0. The summed E-state index contributed by atoms with van der Waals surface area (Å²) in [5, 5.41) is 10.7. The number of rotatable bonds is 5. The van der Waals surface area contributed by atoms with Crippen molar-refractivity contribution in [2.75, 3.05) is 0 Å². The van der Waals surface area contributed by atoms with E-state index in [0.717, 1.165) is 16.8 Å². The molecule has 0 bridgehead atoms. The highest BCUT2D eigenvalue weighted by molar-refractivity contribution is 7.89. The maximum Gasteiger partial charge on any atom is 0.276 e. The van der Waals surface area contributed by atoms with E-state index in [-0.39, 0.29) is 4.90 Å². The Labute approximate surface area is 140 Å². The number of nitrogens with zero attached hydrogens (tertiary/aromatic N) is 2. The Morgan fingerprint density at radius 3 is 2.50 bits per heavy atom. The van der Waals surface area contributed by atoms with Crippen LogP contribution in [0.2, 0.25) is 0 Å². The molecule has 3 aromatic rings. The van der Waals surface area contributed by atoms with Crippen LogP contribution in [0.15, 0.2) is 70.8 Å². The molecule has 0 saturated carbocycles. The zero-order valence-electron chi connectivity index (χ0n) is 13.0. The van der Waals surface area contributed by atoms with Crippen molar-refractivity contribution < 1.29 is 8.42 Å². The molecule has 0 radical (unpaired) electrons. The van der Waals surface area contributed by atoms with Gasteiger partial charge >= 0.3 is 0 Å². The van der Waals surface area contributed by atoms with E-state index in [0.29, 0.717) is 5.56 Å². The number of hydrazone groups is 1. The van der Waals surface area contributed by atoms with Crippen molar-refractivity contribution in [2.45, 2.75) is 11.8 Å². The van der Waals surface area contributed by atoms with Gasteiger partial charge in [-0.2, -0.15) is 18.6 Å². The first-order valence-corrected chi connectivity index (χ1v) is 8.75. The number of hydrogen-bond acceptors (Lipinski definition) is 4. The first kappa shape index (κ1) is 15.9. The standard InChI is InChI=1S/C17H16N4O2S/c1-13-7-9-14(10-8-13)17-15(11-18-20-17)12-19-21-24(22,23)16-5-3-2-4-6-16/h2-12,21H,1H3,(H,18,20). The van der Waals surface area contributed by atoms with Crippen LogP contribution in [0.5, 0.6) is 0 Å². The van der Waals surface area contributed by atoms with E-state index in [1.807, 2.05) is 31.2 Å². The SMILES string of the molecule is Cc1ccc(-c2[nH]ncc2C=NNS(=O)(=O)c2ccccc2)cc1. The van der Waals surface area contributed by atoms with Gasteiger partial charge < -0.3 is 0 Å². The molecular formula is C17H16N4O2S. The Hall–Kier alpha value is -2.93. The van der Waals surface area contributed by atoms with Crippen LogP contribution in [0.25, 0.3) is 11.3 Å². The molecule has 0 atom stereocenters. The molecule has 6 nitrogen and oxygen atoms in total. The number of aromatic amines is 1. The van der Waals surface area contributed by atoms with Crippen LogP contribution >= 0.6 is 0 Å². The van der Waals surface area contributed by atoms with E-state index in [1.54, 1.807) is 24.4 Å². The van der Waals surface area contributed by atoms with Crippen molar-refractivity contribution in [3.05, 3.63) is 71.9 Å². The average Bonchev–Trinajstić information content (AvgIpc) is 3.05. The molecule has 0 aliphatic heterocycles. The molecular weight excluding hydrogens is 324 g/mol. The topological polar surface area (TPSA) is 87.2 Å². The van der Waals surface area contributed by atoms with E-state index in [9.17, 15) is 8.42 Å². The number of sulfonamides is 1. The Kier molecular flexibility index (Phi) is 4.43. The first-order chi connectivity index (χ1) is 11.6. The molecule has 7 heteroatoms. The molecule has 2 N–H and O–H groups in total.